The number of carbonyl (C=O) groups excluding carboxylic acids is 1. The number of carbonyl (C=O) groups is 1. The van der Waals surface area contributed by atoms with E-state index in [2.05, 4.69) is 17.0 Å². The van der Waals surface area contributed by atoms with Crippen LogP contribution in [0.4, 0.5) is 5.69 Å². The molecule has 2 heterocycles. The van der Waals surface area contributed by atoms with Crippen LogP contribution in [0.1, 0.15) is 30.7 Å². The van der Waals surface area contributed by atoms with Gasteiger partial charge in [-0.15, -0.1) is 0 Å². The number of aromatic nitrogens is 3. The molecule has 4 aromatic rings. The van der Waals surface area contributed by atoms with E-state index in [0.717, 1.165) is 17.7 Å². The molecular weight excluding hydrogens is 456 g/mol. The fourth-order valence-electron chi connectivity index (χ4n) is 4.24. The molecule has 0 N–H and O–H groups in total. The Hall–Kier alpha value is -4.20. The lowest BCUT2D eigenvalue weighted by atomic mass is 10.0. The third kappa shape index (κ3) is 5.07. The van der Waals surface area contributed by atoms with Gasteiger partial charge in [-0.1, -0.05) is 25.1 Å². The number of anilines is 1. The first kappa shape index (κ1) is 24.9. The lowest BCUT2D eigenvalue weighted by molar-refractivity contribution is -0.119. The maximum atomic E-state index is 13.5. The number of hydrogen-bond acceptors (Lipinski definition) is 6. The molecule has 1 amide bonds. The smallest absolute Gasteiger partial charge is 0.275 e. The van der Waals surface area contributed by atoms with Crippen LogP contribution in [-0.4, -0.2) is 41.4 Å². The zero-order valence-corrected chi connectivity index (χ0v) is 21.0. The number of nitrogens with zero attached hydrogens (tertiary/aromatic N) is 4. The van der Waals surface area contributed by atoms with E-state index in [1.807, 2.05) is 43.3 Å². The first-order valence-electron chi connectivity index (χ1n) is 11.9. The minimum absolute atomic E-state index is 0.188. The van der Waals surface area contributed by atoms with E-state index >= 15 is 0 Å². The second kappa shape index (κ2) is 11.0. The Morgan fingerprint density at radius 1 is 0.972 bits per heavy atom. The number of amides is 1. The monoisotopic (exact) mass is 486 g/mol. The van der Waals surface area contributed by atoms with Crippen molar-refractivity contribution in [2.24, 2.45) is 0 Å². The molecular formula is C28H30N4O4. The molecule has 0 saturated carbocycles. The van der Waals surface area contributed by atoms with E-state index in [-0.39, 0.29) is 18.0 Å². The number of aryl methyl sites for hydroxylation is 1. The average molecular weight is 487 g/mol. The summed E-state index contributed by atoms with van der Waals surface area (Å²) in [5.41, 5.74) is 3.19. The van der Waals surface area contributed by atoms with Gasteiger partial charge in [0.15, 0.2) is 11.5 Å². The molecule has 0 aliphatic heterocycles. The number of hydrogen-bond donors (Lipinski definition) is 0. The van der Waals surface area contributed by atoms with Crippen molar-refractivity contribution in [2.45, 2.75) is 33.2 Å². The Morgan fingerprint density at radius 2 is 1.67 bits per heavy atom. The third-order valence-electron chi connectivity index (χ3n) is 6.19. The number of benzene rings is 2. The van der Waals surface area contributed by atoms with E-state index < -0.39 is 0 Å². The fraction of sp³-hybridized carbons (Fsp3) is 0.286. The van der Waals surface area contributed by atoms with Gasteiger partial charge in [0.1, 0.15) is 6.54 Å². The van der Waals surface area contributed by atoms with E-state index in [4.69, 9.17) is 9.47 Å². The SMILES string of the molecule is CCc1ccc(N(CC)C(=O)Cn2nc(Cc3cccnc3)c3cc(OC)c(OC)cc3c2=O)cc1. The van der Waals surface area contributed by atoms with Crippen molar-refractivity contribution in [1.82, 2.24) is 14.8 Å². The minimum Gasteiger partial charge on any atom is -0.493 e. The van der Waals surface area contributed by atoms with Crippen LogP contribution < -0.4 is 19.9 Å². The highest BCUT2D eigenvalue weighted by atomic mass is 16.5. The van der Waals surface area contributed by atoms with Gasteiger partial charge in [0.25, 0.3) is 5.56 Å². The Bertz CT molecular complexity index is 1420. The van der Waals surface area contributed by atoms with Crippen LogP contribution in [0.5, 0.6) is 11.5 Å². The summed E-state index contributed by atoms with van der Waals surface area (Å²) in [6.45, 7) is 4.28. The zero-order chi connectivity index (χ0) is 25.7. The Kier molecular flexibility index (Phi) is 7.63. The molecule has 186 valence electrons. The molecule has 8 nitrogen and oxygen atoms in total. The van der Waals surface area contributed by atoms with Crippen molar-refractivity contribution in [2.75, 3.05) is 25.7 Å². The number of rotatable bonds is 9. The first-order chi connectivity index (χ1) is 17.5. The summed E-state index contributed by atoms with van der Waals surface area (Å²) in [5, 5.41) is 5.69. The molecule has 0 fully saturated rings. The van der Waals surface area contributed by atoms with E-state index in [0.29, 0.717) is 40.9 Å². The molecule has 8 heteroatoms. The summed E-state index contributed by atoms with van der Waals surface area (Å²) in [5.74, 6) is 0.716. The van der Waals surface area contributed by atoms with Crippen LogP contribution >= 0.6 is 0 Å². The van der Waals surface area contributed by atoms with Crippen LogP contribution in [0.15, 0.2) is 65.7 Å². The molecule has 0 atom stereocenters. The zero-order valence-electron chi connectivity index (χ0n) is 21.0. The molecule has 0 aliphatic carbocycles. The van der Waals surface area contributed by atoms with Crippen molar-refractivity contribution in [1.29, 1.82) is 0 Å². The number of pyridine rings is 1. The minimum atomic E-state index is -0.369. The van der Waals surface area contributed by atoms with Crippen LogP contribution in [0, 0.1) is 0 Å². The topological polar surface area (TPSA) is 86.6 Å². The van der Waals surface area contributed by atoms with E-state index in [9.17, 15) is 9.59 Å². The second-order valence-electron chi connectivity index (χ2n) is 8.36. The van der Waals surface area contributed by atoms with Crippen molar-refractivity contribution in [3.05, 3.63) is 88.1 Å². The van der Waals surface area contributed by atoms with E-state index in [1.54, 1.807) is 36.5 Å². The predicted molar refractivity (Wildman–Crippen MR) is 140 cm³/mol. The number of fused-ring (bicyclic) bond motifs is 1. The maximum Gasteiger partial charge on any atom is 0.275 e. The molecule has 0 radical (unpaired) electrons. The standard InChI is InChI=1S/C28H30N4O4/c1-5-19-9-11-21(12-10-19)31(6-2)27(33)18-32-28(34)23-16-26(36-4)25(35-3)15-22(23)24(30-32)14-20-8-7-13-29-17-20/h7-13,15-17H,5-6,14,18H2,1-4H3. The largest absolute Gasteiger partial charge is 0.493 e. The molecule has 0 spiro atoms. The summed E-state index contributed by atoms with van der Waals surface area (Å²) in [6.07, 6.45) is 4.82. The highest BCUT2D eigenvalue weighted by Crippen LogP contribution is 2.32. The Balaban J connectivity index is 1.78. The lowest BCUT2D eigenvalue weighted by Crippen LogP contribution is -2.37. The normalized spacial score (nSPS) is 10.9. The molecule has 0 aliphatic rings. The molecule has 0 saturated heterocycles. The van der Waals surface area contributed by atoms with Crippen LogP contribution in [-0.2, 0) is 24.2 Å². The van der Waals surface area contributed by atoms with Crippen molar-refractivity contribution < 1.29 is 14.3 Å². The van der Waals surface area contributed by atoms with Gasteiger partial charge in [-0.3, -0.25) is 14.6 Å². The molecule has 36 heavy (non-hydrogen) atoms. The van der Waals surface area contributed by atoms with Crippen LogP contribution in [0.25, 0.3) is 10.8 Å². The quantitative estimate of drug-likeness (QED) is 0.355. The summed E-state index contributed by atoms with van der Waals surface area (Å²) in [6, 6.07) is 15.1. The van der Waals surface area contributed by atoms with Crippen molar-refractivity contribution in [3.63, 3.8) is 0 Å². The average Bonchev–Trinajstić information content (AvgIpc) is 2.91. The number of methoxy groups -OCH3 is 2. The summed E-state index contributed by atoms with van der Waals surface area (Å²) < 4.78 is 12.1. The molecule has 0 unspecified atom stereocenters. The van der Waals surface area contributed by atoms with Gasteiger partial charge in [0, 0.05) is 36.4 Å². The van der Waals surface area contributed by atoms with Crippen molar-refractivity contribution >= 4 is 22.4 Å². The maximum absolute atomic E-state index is 13.5. The predicted octanol–water partition coefficient (Wildman–Crippen LogP) is 4.02. The Labute approximate surface area is 210 Å². The first-order valence-corrected chi connectivity index (χ1v) is 11.9. The summed E-state index contributed by atoms with van der Waals surface area (Å²) >= 11 is 0. The van der Waals surface area contributed by atoms with Crippen LogP contribution in [0.3, 0.4) is 0 Å². The number of ether oxygens (including phenoxy) is 2. The summed E-state index contributed by atoms with van der Waals surface area (Å²) in [7, 11) is 3.07. The third-order valence-corrected chi connectivity index (χ3v) is 6.19. The molecule has 0 bridgehead atoms. The van der Waals surface area contributed by atoms with Crippen molar-refractivity contribution in [3.8, 4) is 11.5 Å². The van der Waals surface area contributed by atoms with Gasteiger partial charge in [-0.25, -0.2) is 4.68 Å². The molecule has 2 aromatic heterocycles. The highest BCUT2D eigenvalue weighted by Gasteiger charge is 2.20. The van der Waals surface area contributed by atoms with Gasteiger partial charge in [0.05, 0.1) is 25.3 Å². The van der Waals surface area contributed by atoms with Gasteiger partial charge < -0.3 is 14.4 Å². The second-order valence-corrected chi connectivity index (χ2v) is 8.36. The lowest BCUT2D eigenvalue weighted by Gasteiger charge is -2.22. The summed E-state index contributed by atoms with van der Waals surface area (Å²) in [4.78, 5) is 32.7. The van der Waals surface area contributed by atoms with E-state index in [1.165, 1.54) is 17.4 Å². The van der Waals surface area contributed by atoms with Gasteiger partial charge in [-0.05, 0) is 54.8 Å². The van der Waals surface area contributed by atoms with Gasteiger partial charge in [0.2, 0.25) is 5.91 Å². The fourth-order valence-corrected chi connectivity index (χ4v) is 4.24. The highest BCUT2D eigenvalue weighted by molar-refractivity contribution is 5.93. The Morgan fingerprint density at radius 3 is 2.25 bits per heavy atom. The molecule has 4 rings (SSSR count). The van der Waals surface area contributed by atoms with Gasteiger partial charge in [-0.2, -0.15) is 5.10 Å². The molecule has 2 aromatic carbocycles. The van der Waals surface area contributed by atoms with Gasteiger partial charge >= 0.3 is 0 Å². The van der Waals surface area contributed by atoms with Crippen LogP contribution in [0.2, 0.25) is 0 Å². The number of likely N-dealkylation sites (N-methyl/N-ethyl adjacent to an activating group) is 1.